The van der Waals surface area contributed by atoms with Gasteiger partial charge in [0.15, 0.2) is 6.61 Å². The van der Waals surface area contributed by atoms with E-state index in [1.807, 2.05) is 26.0 Å². The van der Waals surface area contributed by atoms with Gasteiger partial charge in [-0.05, 0) is 55.4 Å². The van der Waals surface area contributed by atoms with Crippen molar-refractivity contribution in [3.05, 3.63) is 29.3 Å². The minimum absolute atomic E-state index is 0.0138. The number of hydrogen-bond acceptors (Lipinski definition) is 2. The maximum absolute atomic E-state index is 12.1. The van der Waals surface area contributed by atoms with E-state index >= 15 is 0 Å². The molecule has 0 saturated heterocycles. The fourth-order valence-electron chi connectivity index (χ4n) is 3.20. The van der Waals surface area contributed by atoms with Crippen LogP contribution in [-0.4, -0.2) is 18.6 Å². The predicted molar refractivity (Wildman–Crippen MR) is 85.5 cm³/mol. The largest absolute Gasteiger partial charge is 0.484 e. The van der Waals surface area contributed by atoms with Crippen molar-refractivity contribution in [3.63, 3.8) is 0 Å². The van der Waals surface area contributed by atoms with Crippen LogP contribution in [0.2, 0.25) is 0 Å². The molecule has 3 nitrogen and oxygen atoms in total. The second-order valence-corrected chi connectivity index (χ2v) is 6.55. The van der Waals surface area contributed by atoms with Crippen molar-refractivity contribution >= 4 is 5.91 Å². The molecule has 0 heterocycles. The van der Waals surface area contributed by atoms with Crippen molar-refractivity contribution in [1.82, 2.24) is 5.32 Å². The summed E-state index contributed by atoms with van der Waals surface area (Å²) in [6, 6.07) is 6.32. The molecule has 0 unspecified atom stereocenters. The number of benzene rings is 1. The third-order valence-electron chi connectivity index (χ3n) is 4.62. The second kappa shape index (κ2) is 6.97. The lowest BCUT2D eigenvalue weighted by molar-refractivity contribution is -0.124. The highest BCUT2D eigenvalue weighted by atomic mass is 16.5. The molecule has 0 spiro atoms. The minimum Gasteiger partial charge on any atom is -0.484 e. The Morgan fingerprint density at radius 1 is 1.19 bits per heavy atom. The van der Waals surface area contributed by atoms with Gasteiger partial charge < -0.3 is 10.1 Å². The van der Waals surface area contributed by atoms with Crippen LogP contribution in [-0.2, 0) is 4.79 Å². The summed E-state index contributed by atoms with van der Waals surface area (Å²) in [6.45, 7) is 8.67. The maximum Gasteiger partial charge on any atom is 0.258 e. The van der Waals surface area contributed by atoms with E-state index in [2.05, 4.69) is 25.2 Å². The SMILES string of the molecule is Cc1cc(C)cc(OCC(=O)N[C@H]2CCC[C@@H](C)[C@@H]2C)c1. The van der Waals surface area contributed by atoms with E-state index in [1.54, 1.807) is 0 Å². The first kappa shape index (κ1) is 15.9. The third-order valence-corrected chi connectivity index (χ3v) is 4.62. The minimum atomic E-state index is -0.0138. The van der Waals surface area contributed by atoms with E-state index in [-0.39, 0.29) is 12.5 Å². The van der Waals surface area contributed by atoms with E-state index in [4.69, 9.17) is 4.74 Å². The average Bonchev–Trinajstić information content (AvgIpc) is 2.41. The molecule has 0 radical (unpaired) electrons. The molecule has 1 aliphatic rings. The zero-order valence-corrected chi connectivity index (χ0v) is 13.6. The average molecular weight is 289 g/mol. The summed E-state index contributed by atoms with van der Waals surface area (Å²) < 4.78 is 5.62. The summed E-state index contributed by atoms with van der Waals surface area (Å²) in [5, 5.41) is 3.13. The normalized spacial score (nSPS) is 25.4. The van der Waals surface area contributed by atoms with E-state index in [1.165, 1.54) is 12.8 Å². The molecule has 1 aromatic carbocycles. The Balaban J connectivity index is 1.84. The molecule has 2 rings (SSSR count). The molecule has 1 aromatic rings. The standard InChI is InChI=1S/C18H27NO2/c1-12-8-13(2)10-16(9-12)21-11-18(20)19-17-7-5-6-14(3)15(17)4/h8-10,14-15,17H,5-7,11H2,1-4H3,(H,19,20)/t14-,15+,17+/m1/s1. The number of aryl methyl sites for hydroxylation is 2. The molecule has 116 valence electrons. The van der Waals surface area contributed by atoms with Gasteiger partial charge in [0, 0.05) is 6.04 Å². The van der Waals surface area contributed by atoms with Crippen LogP contribution < -0.4 is 10.1 Å². The molecule has 3 atom stereocenters. The van der Waals surface area contributed by atoms with E-state index in [9.17, 15) is 4.79 Å². The van der Waals surface area contributed by atoms with Crippen LogP contribution >= 0.6 is 0 Å². The number of ether oxygens (including phenoxy) is 1. The third kappa shape index (κ3) is 4.48. The summed E-state index contributed by atoms with van der Waals surface area (Å²) in [5.74, 6) is 1.99. The summed E-state index contributed by atoms with van der Waals surface area (Å²) in [4.78, 5) is 12.1. The van der Waals surface area contributed by atoms with E-state index in [0.29, 0.717) is 17.9 Å². The quantitative estimate of drug-likeness (QED) is 0.919. The van der Waals surface area contributed by atoms with Gasteiger partial charge >= 0.3 is 0 Å². The molecule has 0 aromatic heterocycles. The fourth-order valence-corrected chi connectivity index (χ4v) is 3.20. The Morgan fingerprint density at radius 3 is 2.52 bits per heavy atom. The van der Waals surface area contributed by atoms with Crippen LogP contribution in [0.3, 0.4) is 0 Å². The van der Waals surface area contributed by atoms with Crippen LogP contribution in [0.25, 0.3) is 0 Å². The van der Waals surface area contributed by atoms with Crippen molar-refractivity contribution < 1.29 is 9.53 Å². The number of carbonyl (C=O) groups excluding carboxylic acids is 1. The smallest absolute Gasteiger partial charge is 0.258 e. The summed E-state index contributed by atoms with van der Waals surface area (Å²) in [7, 11) is 0. The zero-order chi connectivity index (χ0) is 15.4. The Bertz CT molecular complexity index is 478. The molecule has 21 heavy (non-hydrogen) atoms. The Kier molecular flexibility index (Phi) is 5.27. The van der Waals surface area contributed by atoms with Gasteiger partial charge in [0.25, 0.3) is 5.91 Å². The van der Waals surface area contributed by atoms with E-state index in [0.717, 1.165) is 23.3 Å². The molecule has 1 saturated carbocycles. The number of hydrogen-bond donors (Lipinski definition) is 1. The van der Waals surface area contributed by atoms with Crippen molar-refractivity contribution in [2.75, 3.05) is 6.61 Å². The molecule has 1 N–H and O–H groups in total. The summed E-state index contributed by atoms with van der Waals surface area (Å²) in [6.07, 6.45) is 3.56. The summed E-state index contributed by atoms with van der Waals surface area (Å²) in [5.41, 5.74) is 2.31. The van der Waals surface area contributed by atoms with E-state index < -0.39 is 0 Å². The lowest BCUT2D eigenvalue weighted by Gasteiger charge is -2.34. The molecular formula is C18H27NO2. The highest BCUT2D eigenvalue weighted by Gasteiger charge is 2.28. The fraction of sp³-hybridized carbons (Fsp3) is 0.611. The number of amides is 1. The number of rotatable bonds is 4. The maximum atomic E-state index is 12.1. The second-order valence-electron chi connectivity index (χ2n) is 6.55. The first-order chi connectivity index (χ1) is 9.95. The monoisotopic (exact) mass is 289 g/mol. The van der Waals surface area contributed by atoms with Crippen LogP contribution in [0.5, 0.6) is 5.75 Å². The molecule has 1 fully saturated rings. The first-order valence-electron chi connectivity index (χ1n) is 7.96. The summed E-state index contributed by atoms with van der Waals surface area (Å²) >= 11 is 0. The molecule has 1 aliphatic carbocycles. The topological polar surface area (TPSA) is 38.3 Å². The van der Waals surface area contributed by atoms with Crippen molar-refractivity contribution in [2.45, 2.75) is 53.0 Å². The van der Waals surface area contributed by atoms with Crippen LogP contribution in [0, 0.1) is 25.7 Å². The Labute approximate surface area is 128 Å². The lowest BCUT2D eigenvalue weighted by atomic mass is 9.78. The van der Waals surface area contributed by atoms with Gasteiger partial charge in [0.1, 0.15) is 5.75 Å². The van der Waals surface area contributed by atoms with Crippen LogP contribution in [0.15, 0.2) is 18.2 Å². The first-order valence-corrected chi connectivity index (χ1v) is 7.96. The van der Waals surface area contributed by atoms with Gasteiger partial charge in [-0.1, -0.05) is 32.8 Å². The molecular weight excluding hydrogens is 262 g/mol. The van der Waals surface area contributed by atoms with Gasteiger partial charge in [0.05, 0.1) is 0 Å². The van der Waals surface area contributed by atoms with Gasteiger partial charge in [-0.2, -0.15) is 0 Å². The van der Waals surface area contributed by atoms with Crippen molar-refractivity contribution in [1.29, 1.82) is 0 Å². The lowest BCUT2D eigenvalue weighted by Crippen LogP contribution is -2.45. The van der Waals surface area contributed by atoms with Crippen molar-refractivity contribution in [2.24, 2.45) is 11.8 Å². The van der Waals surface area contributed by atoms with Gasteiger partial charge in [-0.25, -0.2) is 0 Å². The zero-order valence-electron chi connectivity index (χ0n) is 13.6. The molecule has 0 aliphatic heterocycles. The molecule has 1 amide bonds. The molecule has 0 bridgehead atoms. The Morgan fingerprint density at radius 2 is 1.86 bits per heavy atom. The predicted octanol–water partition coefficient (Wildman–Crippen LogP) is 3.62. The highest BCUT2D eigenvalue weighted by molar-refractivity contribution is 5.77. The van der Waals surface area contributed by atoms with Gasteiger partial charge in [0.2, 0.25) is 0 Å². The number of nitrogens with one attached hydrogen (secondary N) is 1. The van der Waals surface area contributed by atoms with Gasteiger partial charge in [-0.3, -0.25) is 4.79 Å². The Hall–Kier alpha value is -1.51. The van der Waals surface area contributed by atoms with Crippen LogP contribution in [0.1, 0.15) is 44.2 Å². The number of carbonyl (C=O) groups is 1. The van der Waals surface area contributed by atoms with Crippen LogP contribution in [0.4, 0.5) is 0 Å². The molecule has 3 heteroatoms. The van der Waals surface area contributed by atoms with Gasteiger partial charge in [-0.15, -0.1) is 0 Å². The van der Waals surface area contributed by atoms with Crippen molar-refractivity contribution in [3.8, 4) is 5.75 Å². The highest BCUT2D eigenvalue weighted by Crippen LogP contribution is 2.29.